The number of halogens is 5. The quantitative estimate of drug-likeness (QED) is 0.848. The minimum absolute atomic E-state index is 0.127. The van der Waals surface area contributed by atoms with Gasteiger partial charge in [0.25, 0.3) is 0 Å². The molecular weight excluding hydrogens is 304 g/mol. The number of alkyl halides is 3. The summed E-state index contributed by atoms with van der Waals surface area (Å²) in [6.45, 7) is 2.14. The summed E-state index contributed by atoms with van der Waals surface area (Å²) in [6, 6.07) is 2.72. The standard InChI is InChI=1S/C12H13Cl2F3O2/c1-2-19-11-6-8(13)7(5-9(11)14)10(18)3-4-12(15,16)17/h5-6,10,18H,2-4H2,1H3. The van der Waals surface area contributed by atoms with Crippen LogP contribution < -0.4 is 4.74 Å². The van der Waals surface area contributed by atoms with Gasteiger partial charge in [-0.25, -0.2) is 0 Å². The Kier molecular flexibility index (Phi) is 5.77. The van der Waals surface area contributed by atoms with Crippen molar-refractivity contribution in [3.63, 3.8) is 0 Å². The molecule has 0 amide bonds. The van der Waals surface area contributed by atoms with Crippen LogP contribution in [0.25, 0.3) is 0 Å². The molecule has 1 atom stereocenters. The molecule has 108 valence electrons. The van der Waals surface area contributed by atoms with Gasteiger partial charge < -0.3 is 9.84 Å². The summed E-state index contributed by atoms with van der Waals surface area (Å²) in [5, 5.41) is 10.1. The molecule has 1 N–H and O–H groups in total. The van der Waals surface area contributed by atoms with Crippen LogP contribution in [0.5, 0.6) is 5.75 Å². The van der Waals surface area contributed by atoms with E-state index in [1.165, 1.54) is 12.1 Å². The van der Waals surface area contributed by atoms with E-state index in [1.54, 1.807) is 6.92 Å². The second-order valence-electron chi connectivity index (χ2n) is 3.91. The topological polar surface area (TPSA) is 29.5 Å². The van der Waals surface area contributed by atoms with Crippen LogP contribution in [-0.2, 0) is 0 Å². The number of aliphatic hydroxyl groups is 1. The van der Waals surface area contributed by atoms with Crippen molar-refractivity contribution in [3.8, 4) is 5.75 Å². The molecule has 1 aromatic rings. The molecule has 0 aliphatic heterocycles. The SMILES string of the molecule is CCOc1cc(Cl)c(C(O)CCC(F)(F)F)cc1Cl. The molecule has 1 aromatic carbocycles. The van der Waals surface area contributed by atoms with E-state index in [0.717, 1.165) is 0 Å². The van der Waals surface area contributed by atoms with Crippen molar-refractivity contribution in [2.45, 2.75) is 32.0 Å². The number of ether oxygens (including phenoxy) is 1. The van der Waals surface area contributed by atoms with Gasteiger partial charge in [0.1, 0.15) is 5.75 Å². The van der Waals surface area contributed by atoms with E-state index in [-0.39, 0.29) is 15.6 Å². The maximum absolute atomic E-state index is 12.1. The highest BCUT2D eigenvalue weighted by atomic mass is 35.5. The molecule has 0 aliphatic rings. The molecule has 0 bridgehead atoms. The third-order valence-electron chi connectivity index (χ3n) is 2.41. The molecular formula is C12H13Cl2F3O2. The van der Waals surface area contributed by atoms with Gasteiger partial charge in [-0.15, -0.1) is 0 Å². The first-order valence-electron chi connectivity index (χ1n) is 5.61. The highest BCUT2D eigenvalue weighted by molar-refractivity contribution is 6.34. The van der Waals surface area contributed by atoms with Gasteiger partial charge in [-0.2, -0.15) is 13.2 Å². The van der Waals surface area contributed by atoms with Gasteiger partial charge in [0.2, 0.25) is 0 Å². The third kappa shape index (κ3) is 5.09. The van der Waals surface area contributed by atoms with E-state index in [2.05, 4.69) is 0 Å². The van der Waals surface area contributed by atoms with Gasteiger partial charge in [0, 0.05) is 18.1 Å². The molecule has 7 heteroatoms. The van der Waals surface area contributed by atoms with Crippen molar-refractivity contribution >= 4 is 23.2 Å². The number of rotatable bonds is 5. The average molecular weight is 317 g/mol. The summed E-state index contributed by atoms with van der Waals surface area (Å²) < 4.78 is 41.4. The van der Waals surface area contributed by atoms with Crippen LogP contribution in [0.15, 0.2) is 12.1 Å². The normalized spacial score (nSPS) is 13.4. The minimum Gasteiger partial charge on any atom is -0.492 e. The Bertz CT molecular complexity index is 436. The molecule has 0 saturated heterocycles. The first-order chi connectivity index (χ1) is 8.74. The Morgan fingerprint density at radius 3 is 2.42 bits per heavy atom. The van der Waals surface area contributed by atoms with Crippen molar-refractivity contribution in [1.82, 2.24) is 0 Å². The Hall–Kier alpha value is -0.650. The molecule has 0 aliphatic carbocycles. The summed E-state index contributed by atoms with van der Waals surface area (Å²) in [4.78, 5) is 0. The predicted molar refractivity (Wildman–Crippen MR) is 67.9 cm³/mol. The largest absolute Gasteiger partial charge is 0.492 e. The first kappa shape index (κ1) is 16.4. The first-order valence-corrected chi connectivity index (χ1v) is 6.36. The lowest BCUT2D eigenvalue weighted by Crippen LogP contribution is -2.10. The summed E-state index contributed by atoms with van der Waals surface area (Å²) >= 11 is 11.8. The fraction of sp³-hybridized carbons (Fsp3) is 0.500. The Morgan fingerprint density at radius 1 is 1.26 bits per heavy atom. The van der Waals surface area contributed by atoms with E-state index in [9.17, 15) is 18.3 Å². The van der Waals surface area contributed by atoms with E-state index in [1.807, 2.05) is 0 Å². The van der Waals surface area contributed by atoms with Crippen molar-refractivity contribution in [3.05, 3.63) is 27.7 Å². The van der Waals surface area contributed by atoms with E-state index in [0.29, 0.717) is 12.4 Å². The van der Waals surface area contributed by atoms with Crippen molar-refractivity contribution < 1.29 is 23.0 Å². The average Bonchev–Trinajstić information content (AvgIpc) is 2.30. The van der Waals surface area contributed by atoms with Gasteiger partial charge in [-0.05, 0) is 19.4 Å². The zero-order valence-electron chi connectivity index (χ0n) is 10.1. The van der Waals surface area contributed by atoms with Gasteiger partial charge in [0.15, 0.2) is 0 Å². The van der Waals surface area contributed by atoms with Crippen LogP contribution in [0.4, 0.5) is 13.2 Å². The van der Waals surface area contributed by atoms with Crippen LogP contribution in [0.1, 0.15) is 31.4 Å². The van der Waals surface area contributed by atoms with Gasteiger partial charge in [0.05, 0.1) is 22.8 Å². The smallest absolute Gasteiger partial charge is 0.389 e. The highest BCUT2D eigenvalue weighted by Gasteiger charge is 2.29. The summed E-state index contributed by atoms with van der Waals surface area (Å²) in [7, 11) is 0. The number of benzene rings is 1. The molecule has 2 nitrogen and oxygen atoms in total. The van der Waals surface area contributed by atoms with Gasteiger partial charge in [-0.3, -0.25) is 0 Å². The summed E-state index contributed by atoms with van der Waals surface area (Å²) in [5.41, 5.74) is 0.166. The highest BCUT2D eigenvalue weighted by Crippen LogP contribution is 2.36. The fourth-order valence-corrected chi connectivity index (χ4v) is 2.03. The monoisotopic (exact) mass is 316 g/mol. The Morgan fingerprint density at radius 2 is 1.89 bits per heavy atom. The summed E-state index contributed by atoms with van der Waals surface area (Å²) in [6.07, 6.45) is -7.19. The van der Waals surface area contributed by atoms with E-state index >= 15 is 0 Å². The van der Waals surface area contributed by atoms with Crippen LogP contribution in [0, 0.1) is 0 Å². The zero-order valence-corrected chi connectivity index (χ0v) is 11.6. The Balaban J connectivity index is 2.86. The number of hydrogen-bond donors (Lipinski definition) is 1. The van der Waals surface area contributed by atoms with Crippen LogP contribution in [0.2, 0.25) is 10.0 Å². The van der Waals surface area contributed by atoms with Crippen LogP contribution in [0.3, 0.4) is 0 Å². The lowest BCUT2D eigenvalue weighted by molar-refractivity contribution is -0.140. The van der Waals surface area contributed by atoms with Crippen LogP contribution >= 0.6 is 23.2 Å². The van der Waals surface area contributed by atoms with Crippen molar-refractivity contribution in [2.24, 2.45) is 0 Å². The zero-order chi connectivity index (χ0) is 14.6. The molecule has 0 fully saturated rings. The second-order valence-corrected chi connectivity index (χ2v) is 4.72. The van der Waals surface area contributed by atoms with Crippen LogP contribution in [-0.4, -0.2) is 17.9 Å². The molecule has 19 heavy (non-hydrogen) atoms. The molecule has 0 heterocycles. The van der Waals surface area contributed by atoms with Crippen molar-refractivity contribution in [2.75, 3.05) is 6.61 Å². The second kappa shape index (κ2) is 6.68. The fourth-order valence-electron chi connectivity index (χ4n) is 1.52. The lowest BCUT2D eigenvalue weighted by Gasteiger charge is -2.16. The summed E-state index contributed by atoms with van der Waals surface area (Å²) in [5.74, 6) is 0.334. The van der Waals surface area contributed by atoms with E-state index < -0.39 is 25.1 Å². The Labute approximate surface area is 119 Å². The molecule has 0 radical (unpaired) electrons. The maximum atomic E-state index is 12.1. The number of aliphatic hydroxyl groups excluding tert-OH is 1. The lowest BCUT2D eigenvalue weighted by atomic mass is 10.0. The molecule has 1 rings (SSSR count). The molecule has 0 saturated carbocycles. The minimum atomic E-state index is -4.32. The van der Waals surface area contributed by atoms with Gasteiger partial charge in [-0.1, -0.05) is 23.2 Å². The maximum Gasteiger partial charge on any atom is 0.389 e. The molecule has 0 spiro atoms. The third-order valence-corrected chi connectivity index (χ3v) is 3.03. The molecule has 0 aromatic heterocycles. The van der Waals surface area contributed by atoms with Crippen molar-refractivity contribution in [1.29, 1.82) is 0 Å². The molecule has 1 unspecified atom stereocenters. The predicted octanol–water partition coefficient (Wildman–Crippen LogP) is 4.77. The van der Waals surface area contributed by atoms with E-state index in [4.69, 9.17) is 27.9 Å². The number of hydrogen-bond acceptors (Lipinski definition) is 2. The van der Waals surface area contributed by atoms with Gasteiger partial charge >= 0.3 is 6.18 Å².